The van der Waals surface area contributed by atoms with E-state index in [0.29, 0.717) is 10.8 Å². The van der Waals surface area contributed by atoms with E-state index < -0.39 is 0 Å². The zero-order chi connectivity index (χ0) is 8.55. The monoisotopic (exact) mass is 199 g/mol. The minimum atomic E-state index is 0.607. The number of methoxy groups -OCH3 is 1. The fourth-order valence-corrected chi connectivity index (χ4v) is 1.98. The number of nitrogens with zero attached hydrogens (tertiary/aromatic N) is 1. The molecule has 0 fully saturated rings. The smallest absolute Gasteiger partial charge is 0.164 e. The predicted molar refractivity (Wildman–Crippen MR) is 51.2 cm³/mol. The minimum absolute atomic E-state index is 0.607. The number of rotatable bonds is 1. The average Bonchev–Trinajstić information content (AvgIpc) is 2.52. The molecule has 0 bridgehead atoms. The van der Waals surface area contributed by atoms with Crippen LogP contribution in [0.1, 0.15) is 0 Å². The predicted octanol–water partition coefficient (Wildman–Crippen LogP) is 2.96. The molecule has 0 unspecified atom stereocenters. The molecule has 0 N–H and O–H groups in total. The zero-order valence-electron chi connectivity index (χ0n) is 6.37. The summed E-state index contributed by atoms with van der Waals surface area (Å²) < 4.78 is 6.22. The van der Waals surface area contributed by atoms with Crippen LogP contribution in [0.4, 0.5) is 0 Å². The Hall–Kier alpha value is -0.800. The summed E-state index contributed by atoms with van der Waals surface area (Å²) in [5.41, 5.74) is 2.62. The summed E-state index contributed by atoms with van der Waals surface area (Å²) in [6.07, 6.45) is 0. The number of hydrogen-bond acceptors (Lipinski definition) is 3. The second kappa shape index (κ2) is 2.92. The normalized spacial score (nSPS) is 10.5. The molecule has 1 aromatic heterocycles. The van der Waals surface area contributed by atoms with Crippen molar-refractivity contribution in [1.29, 1.82) is 0 Å². The van der Waals surface area contributed by atoms with Crippen LogP contribution < -0.4 is 4.74 Å². The Morgan fingerprint density at radius 2 is 2.33 bits per heavy atom. The number of fused-ring (bicyclic) bond motifs is 1. The van der Waals surface area contributed by atoms with Crippen molar-refractivity contribution in [3.8, 4) is 5.75 Å². The topological polar surface area (TPSA) is 22.1 Å². The molecule has 2 rings (SSSR count). The van der Waals surface area contributed by atoms with E-state index in [4.69, 9.17) is 16.3 Å². The number of hydrogen-bond donors (Lipinski definition) is 0. The third-order valence-corrected chi connectivity index (χ3v) is 2.70. The molecule has 1 aromatic carbocycles. The van der Waals surface area contributed by atoms with Gasteiger partial charge in [-0.05, 0) is 12.1 Å². The van der Waals surface area contributed by atoms with Gasteiger partial charge in [-0.2, -0.15) is 0 Å². The van der Waals surface area contributed by atoms with Crippen molar-refractivity contribution < 1.29 is 4.74 Å². The lowest BCUT2D eigenvalue weighted by Gasteiger charge is -2.01. The van der Waals surface area contributed by atoms with E-state index in [9.17, 15) is 0 Å². The van der Waals surface area contributed by atoms with Crippen LogP contribution in [-0.2, 0) is 0 Å². The molecule has 0 aliphatic carbocycles. The largest absolute Gasteiger partial charge is 0.493 e. The van der Waals surface area contributed by atoms with Gasteiger partial charge in [0.15, 0.2) is 5.75 Å². The van der Waals surface area contributed by atoms with Gasteiger partial charge in [0.25, 0.3) is 0 Å². The number of benzene rings is 1. The lowest BCUT2D eigenvalue weighted by molar-refractivity contribution is 0.419. The van der Waals surface area contributed by atoms with Gasteiger partial charge in [-0.15, -0.1) is 11.3 Å². The van der Waals surface area contributed by atoms with Crippen LogP contribution >= 0.6 is 22.9 Å². The molecular weight excluding hydrogens is 194 g/mol. The van der Waals surface area contributed by atoms with Gasteiger partial charge >= 0.3 is 0 Å². The van der Waals surface area contributed by atoms with Crippen molar-refractivity contribution in [1.82, 2.24) is 4.98 Å². The second-order valence-corrected chi connectivity index (χ2v) is 3.57. The van der Waals surface area contributed by atoms with Crippen LogP contribution in [-0.4, -0.2) is 12.1 Å². The molecule has 2 nitrogen and oxygen atoms in total. The fraction of sp³-hybridized carbons (Fsp3) is 0.125. The second-order valence-electron chi connectivity index (χ2n) is 2.28. The van der Waals surface area contributed by atoms with Crippen LogP contribution in [0.5, 0.6) is 5.75 Å². The van der Waals surface area contributed by atoms with E-state index in [1.54, 1.807) is 24.0 Å². The minimum Gasteiger partial charge on any atom is -0.493 e. The molecule has 0 atom stereocenters. The SMILES string of the molecule is COc1c(Cl)ccc2scnc12. The molecule has 0 saturated heterocycles. The number of ether oxygens (including phenoxy) is 1. The van der Waals surface area contributed by atoms with E-state index >= 15 is 0 Å². The maximum absolute atomic E-state index is 5.90. The summed E-state index contributed by atoms with van der Waals surface area (Å²) in [6, 6.07) is 3.76. The van der Waals surface area contributed by atoms with Crippen LogP contribution in [0.2, 0.25) is 5.02 Å². The highest BCUT2D eigenvalue weighted by Gasteiger charge is 2.07. The summed E-state index contributed by atoms with van der Waals surface area (Å²) in [6.45, 7) is 0. The number of thiazole rings is 1. The summed E-state index contributed by atoms with van der Waals surface area (Å²) in [4.78, 5) is 4.16. The Bertz CT molecular complexity index is 412. The lowest BCUT2D eigenvalue weighted by Crippen LogP contribution is -1.84. The third kappa shape index (κ3) is 1.06. The first-order chi connectivity index (χ1) is 5.83. The van der Waals surface area contributed by atoms with Gasteiger partial charge < -0.3 is 4.74 Å². The van der Waals surface area contributed by atoms with Gasteiger partial charge in [0.05, 0.1) is 22.3 Å². The number of halogens is 1. The fourth-order valence-electron chi connectivity index (χ4n) is 1.08. The highest BCUT2D eigenvalue weighted by atomic mass is 35.5. The number of aromatic nitrogens is 1. The average molecular weight is 200 g/mol. The molecule has 0 spiro atoms. The quantitative estimate of drug-likeness (QED) is 0.705. The zero-order valence-corrected chi connectivity index (χ0v) is 7.95. The highest BCUT2D eigenvalue weighted by molar-refractivity contribution is 7.16. The van der Waals surface area contributed by atoms with E-state index in [1.807, 2.05) is 12.1 Å². The van der Waals surface area contributed by atoms with Crippen LogP contribution in [0.25, 0.3) is 10.2 Å². The van der Waals surface area contributed by atoms with Crippen molar-refractivity contribution in [3.63, 3.8) is 0 Å². The maximum Gasteiger partial charge on any atom is 0.164 e. The molecule has 1 heterocycles. The molecule has 12 heavy (non-hydrogen) atoms. The molecule has 0 saturated carbocycles. The van der Waals surface area contributed by atoms with Gasteiger partial charge in [0.2, 0.25) is 0 Å². The van der Waals surface area contributed by atoms with Crippen molar-refractivity contribution in [3.05, 3.63) is 22.7 Å². The van der Waals surface area contributed by atoms with Gasteiger partial charge in [0.1, 0.15) is 5.52 Å². The molecule has 0 aliphatic rings. The highest BCUT2D eigenvalue weighted by Crippen LogP contribution is 2.33. The van der Waals surface area contributed by atoms with Gasteiger partial charge in [-0.1, -0.05) is 11.6 Å². The van der Waals surface area contributed by atoms with Gasteiger partial charge in [-0.25, -0.2) is 4.98 Å². The standard InChI is InChI=1S/C8H6ClNOS/c1-11-8-5(9)2-3-6-7(8)10-4-12-6/h2-4H,1H3. The van der Waals surface area contributed by atoms with Crippen molar-refractivity contribution >= 4 is 33.2 Å². The Labute approximate surface area is 78.8 Å². The molecular formula is C8H6ClNOS. The van der Waals surface area contributed by atoms with Crippen molar-refractivity contribution in [2.24, 2.45) is 0 Å². The Morgan fingerprint density at radius 3 is 3.08 bits per heavy atom. The molecule has 0 aliphatic heterocycles. The summed E-state index contributed by atoms with van der Waals surface area (Å²) in [7, 11) is 1.60. The Balaban J connectivity index is 2.83. The Morgan fingerprint density at radius 1 is 1.50 bits per heavy atom. The van der Waals surface area contributed by atoms with Gasteiger partial charge in [-0.3, -0.25) is 0 Å². The first kappa shape index (κ1) is 7.83. The summed E-state index contributed by atoms with van der Waals surface area (Å²) in [5.74, 6) is 0.662. The molecule has 0 amide bonds. The van der Waals surface area contributed by atoms with E-state index in [2.05, 4.69) is 4.98 Å². The van der Waals surface area contributed by atoms with Crippen LogP contribution in [0.3, 0.4) is 0 Å². The third-order valence-electron chi connectivity index (χ3n) is 1.61. The van der Waals surface area contributed by atoms with E-state index in [-0.39, 0.29) is 0 Å². The first-order valence-corrected chi connectivity index (χ1v) is 4.64. The van der Waals surface area contributed by atoms with Gasteiger partial charge in [0, 0.05) is 0 Å². The van der Waals surface area contributed by atoms with Crippen LogP contribution in [0, 0.1) is 0 Å². The molecule has 4 heteroatoms. The van der Waals surface area contributed by atoms with Crippen LogP contribution in [0.15, 0.2) is 17.6 Å². The maximum atomic E-state index is 5.90. The summed E-state index contributed by atoms with van der Waals surface area (Å²) >= 11 is 7.48. The summed E-state index contributed by atoms with van der Waals surface area (Å²) in [5, 5.41) is 0.607. The molecule has 62 valence electrons. The van der Waals surface area contributed by atoms with Crippen molar-refractivity contribution in [2.45, 2.75) is 0 Å². The van der Waals surface area contributed by atoms with E-state index in [1.165, 1.54) is 0 Å². The van der Waals surface area contributed by atoms with Crippen molar-refractivity contribution in [2.75, 3.05) is 7.11 Å². The first-order valence-electron chi connectivity index (χ1n) is 3.38. The van der Waals surface area contributed by atoms with E-state index in [0.717, 1.165) is 10.2 Å². The Kier molecular flexibility index (Phi) is 1.90. The lowest BCUT2D eigenvalue weighted by atomic mass is 10.3. The molecule has 2 aromatic rings. The molecule has 0 radical (unpaired) electrons.